The van der Waals surface area contributed by atoms with Crippen LogP contribution in [0.25, 0.3) is 10.9 Å². The first-order chi connectivity index (χ1) is 9.26. The highest BCUT2D eigenvalue weighted by Gasteiger charge is 2.09. The monoisotopic (exact) mass is 257 g/mol. The van der Waals surface area contributed by atoms with Crippen molar-refractivity contribution < 1.29 is 4.79 Å². The normalized spacial score (nSPS) is 10.4. The Morgan fingerprint density at radius 1 is 1.21 bits per heavy atom. The van der Waals surface area contributed by atoms with Crippen LogP contribution in [-0.2, 0) is 4.79 Å². The van der Waals surface area contributed by atoms with Crippen LogP contribution in [0.15, 0.2) is 36.5 Å². The molecule has 2 aromatic rings. The van der Waals surface area contributed by atoms with Gasteiger partial charge in [0.05, 0.1) is 12.1 Å². The number of nitrogens with one attached hydrogen (secondary N) is 1. The van der Waals surface area contributed by atoms with Crippen LogP contribution in [0.1, 0.15) is 13.8 Å². The number of benzene rings is 1. The molecule has 100 valence electrons. The lowest BCUT2D eigenvalue weighted by Gasteiger charge is -2.19. The van der Waals surface area contributed by atoms with E-state index in [0.29, 0.717) is 6.54 Å². The van der Waals surface area contributed by atoms with Gasteiger partial charge in [-0.2, -0.15) is 0 Å². The molecule has 0 aliphatic carbocycles. The van der Waals surface area contributed by atoms with Gasteiger partial charge in [-0.1, -0.05) is 18.2 Å². The maximum Gasteiger partial charge on any atom is 0.241 e. The molecule has 1 N–H and O–H groups in total. The van der Waals surface area contributed by atoms with Gasteiger partial charge in [0, 0.05) is 30.4 Å². The number of amides is 1. The molecule has 0 fully saturated rings. The Morgan fingerprint density at radius 2 is 1.95 bits per heavy atom. The van der Waals surface area contributed by atoms with E-state index >= 15 is 0 Å². The van der Waals surface area contributed by atoms with Crippen LogP contribution in [0.4, 0.5) is 5.69 Å². The minimum atomic E-state index is 0.117. The molecule has 0 saturated heterocycles. The predicted molar refractivity (Wildman–Crippen MR) is 78.2 cm³/mol. The van der Waals surface area contributed by atoms with E-state index in [-0.39, 0.29) is 5.91 Å². The molecular weight excluding hydrogens is 238 g/mol. The lowest BCUT2D eigenvalue weighted by atomic mass is 10.2. The summed E-state index contributed by atoms with van der Waals surface area (Å²) < 4.78 is 0. The molecule has 0 bridgehead atoms. The number of anilines is 1. The van der Waals surface area contributed by atoms with Crippen LogP contribution in [0.5, 0.6) is 0 Å². The van der Waals surface area contributed by atoms with Gasteiger partial charge in [0.15, 0.2) is 0 Å². The number of para-hydroxylation sites is 1. The summed E-state index contributed by atoms with van der Waals surface area (Å²) in [5.41, 5.74) is 1.88. The highest BCUT2D eigenvalue weighted by atomic mass is 16.2. The van der Waals surface area contributed by atoms with Crippen molar-refractivity contribution in [2.24, 2.45) is 0 Å². The molecule has 0 spiro atoms. The summed E-state index contributed by atoms with van der Waals surface area (Å²) in [4.78, 5) is 18.1. The van der Waals surface area contributed by atoms with E-state index in [1.165, 1.54) is 0 Å². The highest BCUT2D eigenvalue weighted by molar-refractivity contribution is 5.92. The number of nitrogens with zero attached hydrogens (tertiary/aromatic N) is 2. The van der Waals surface area contributed by atoms with E-state index in [1.807, 2.05) is 49.1 Å². The van der Waals surface area contributed by atoms with Gasteiger partial charge in [-0.3, -0.25) is 9.78 Å². The Morgan fingerprint density at radius 3 is 2.68 bits per heavy atom. The van der Waals surface area contributed by atoms with Gasteiger partial charge in [0.25, 0.3) is 0 Å². The summed E-state index contributed by atoms with van der Waals surface area (Å²) >= 11 is 0. The van der Waals surface area contributed by atoms with Crippen molar-refractivity contribution in [1.29, 1.82) is 0 Å². The molecular formula is C15H19N3O. The maximum atomic E-state index is 12.0. The second-order valence-corrected chi connectivity index (χ2v) is 4.30. The standard InChI is InChI=1S/C15H19N3O/c1-3-18(4-2)15(19)11-17-14-9-10-16-13-8-6-5-7-12(13)14/h5-10H,3-4,11H2,1-2H3,(H,16,17). The van der Waals surface area contributed by atoms with E-state index in [9.17, 15) is 4.79 Å². The molecule has 1 amide bonds. The van der Waals surface area contributed by atoms with Gasteiger partial charge in [-0.05, 0) is 26.0 Å². The fraction of sp³-hybridized carbons (Fsp3) is 0.333. The molecule has 0 unspecified atom stereocenters. The van der Waals surface area contributed by atoms with Crippen molar-refractivity contribution in [1.82, 2.24) is 9.88 Å². The Kier molecular flexibility index (Phi) is 4.34. The summed E-state index contributed by atoms with van der Waals surface area (Å²) in [6, 6.07) is 9.80. The molecule has 0 atom stereocenters. The summed E-state index contributed by atoms with van der Waals surface area (Å²) in [7, 11) is 0. The highest BCUT2D eigenvalue weighted by Crippen LogP contribution is 2.20. The minimum Gasteiger partial charge on any atom is -0.376 e. The molecule has 0 aliphatic rings. The van der Waals surface area contributed by atoms with Gasteiger partial charge >= 0.3 is 0 Å². The molecule has 2 rings (SSSR count). The lowest BCUT2D eigenvalue weighted by molar-refractivity contribution is -0.128. The zero-order chi connectivity index (χ0) is 13.7. The number of aromatic nitrogens is 1. The van der Waals surface area contributed by atoms with Crippen molar-refractivity contribution in [3.8, 4) is 0 Å². The third-order valence-electron chi connectivity index (χ3n) is 3.20. The number of carbonyl (C=O) groups is 1. The second kappa shape index (κ2) is 6.18. The van der Waals surface area contributed by atoms with Crippen LogP contribution in [0, 0.1) is 0 Å². The molecule has 1 heterocycles. The van der Waals surface area contributed by atoms with Crippen molar-refractivity contribution in [3.63, 3.8) is 0 Å². The summed E-state index contributed by atoms with van der Waals surface area (Å²) in [5, 5.41) is 4.24. The quantitative estimate of drug-likeness (QED) is 0.895. The van der Waals surface area contributed by atoms with Gasteiger partial charge in [-0.25, -0.2) is 0 Å². The van der Waals surface area contributed by atoms with Crippen LogP contribution in [0.2, 0.25) is 0 Å². The number of carbonyl (C=O) groups excluding carboxylic acids is 1. The SMILES string of the molecule is CCN(CC)C(=O)CNc1ccnc2ccccc12. The molecule has 0 aliphatic heterocycles. The van der Waals surface area contributed by atoms with Crippen molar-refractivity contribution in [3.05, 3.63) is 36.5 Å². The van der Waals surface area contributed by atoms with Crippen LogP contribution >= 0.6 is 0 Å². The first-order valence-electron chi connectivity index (χ1n) is 6.61. The second-order valence-electron chi connectivity index (χ2n) is 4.30. The molecule has 1 aromatic heterocycles. The van der Waals surface area contributed by atoms with Crippen LogP contribution in [-0.4, -0.2) is 35.4 Å². The Balaban J connectivity index is 2.12. The summed E-state index contributed by atoms with van der Waals surface area (Å²) in [6.45, 7) is 5.78. The summed E-state index contributed by atoms with van der Waals surface area (Å²) in [5.74, 6) is 0.117. The Hall–Kier alpha value is -2.10. The predicted octanol–water partition coefficient (Wildman–Crippen LogP) is 2.52. The lowest BCUT2D eigenvalue weighted by Crippen LogP contribution is -2.35. The molecule has 4 nitrogen and oxygen atoms in total. The Labute approximate surface area is 113 Å². The molecule has 0 saturated carbocycles. The minimum absolute atomic E-state index is 0.117. The van der Waals surface area contributed by atoms with Gasteiger partial charge in [0.1, 0.15) is 0 Å². The van der Waals surface area contributed by atoms with Crippen LogP contribution < -0.4 is 5.32 Å². The number of pyridine rings is 1. The van der Waals surface area contributed by atoms with E-state index < -0.39 is 0 Å². The average molecular weight is 257 g/mol. The fourth-order valence-electron chi connectivity index (χ4n) is 2.11. The fourth-order valence-corrected chi connectivity index (χ4v) is 2.11. The molecule has 4 heteroatoms. The van der Waals surface area contributed by atoms with E-state index in [0.717, 1.165) is 29.7 Å². The number of rotatable bonds is 5. The molecule has 0 radical (unpaired) electrons. The van der Waals surface area contributed by atoms with Crippen LogP contribution in [0.3, 0.4) is 0 Å². The zero-order valence-electron chi connectivity index (χ0n) is 11.4. The Bertz CT molecular complexity index is 559. The first-order valence-corrected chi connectivity index (χ1v) is 6.61. The zero-order valence-corrected chi connectivity index (χ0v) is 11.4. The summed E-state index contributed by atoms with van der Waals surface area (Å²) in [6.07, 6.45) is 1.76. The number of likely N-dealkylation sites (N-methyl/N-ethyl adjacent to an activating group) is 1. The number of fused-ring (bicyclic) bond motifs is 1. The molecule has 19 heavy (non-hydrogen) atoms. The van der Waals surface area contributed by atoms with Gasteiger partial charge in [-0.15, -0.1) is 0 Å². The van der Waals surface area contributed by atoms with Crippen molar-refractivity contribution >= 4 is 22.5 Å². The third-order valence-corrected chi connectivity index (χ3v) is 3.20. The number of hydrogen-bond acceptors (Lipinski definition) is 3. The van der Waals surface area contributed by atoms with Crippen molar-refractivity contribution in [2.75, 3.05) is 25.0 Å². The van der Waals surface area contributed by atoms with Crippen molar-refractivity contribution in [2.45, 2.75) is 13.8 Å². The maximum absolute atomic E-state index is 12.0. The van der Waals surface area contributed by atoms with E-state index in [4.69, 9.17) is 0 Å². The largest absolute Gasteiger partial charge is 0.376 e. The van der Waals surface area contributed by atoms with E-state index in [2.05, 4.69) is 10.3 Å². The number of hydrogen-bond donors (Lipinski definition) is 1. The first kappa shape index (κ1) is 13.3. The third kappa shape index (κ3) is 3.02. The smallest absolute Gasteiger partial charge is 0.241 e. The van der Waals surface area contributed by atoms with E-state index in [1.54, 1.807) is 6.20 Å². The average Bonchev–Trinajstić information content (AvgIpc) is 2.46. The topological polar surface area (TPSA) is 45.2 Å². The van der Waals surface area contributed by atoms with Gasteiger partial charge in [0.2, 0.25) is 5.91 Å². The van der Waals surface area contributed by atoms with Gasteiger partial charge < -0.3 is 10.2 Å². The molecule has 1 aromatic carbocycles.